The molecule has 0 aromatic carbocycles. The highest BCUT2D eigenvalue weighted by Crippen LogP contribution is 2.02. The first-order valence-electron chi connectivity index (χ1n) is 7.28. The minimum Gasteiger partial charge on any atom is -0.317 e. The highest BCUT2D eigenvalue weighted by molar-refractivity contribution is 4.55. The average molecular weight is 228 g/mol. The van der Waals surface area contributed by atoms with Crippen LogP contribution in [0.15, 0.2) is 0 Å². The van der Waals surface area contributed by atoms with Crippen LogP contribution in [-0.2, 0) is 0 Å². The van der Waals surface area contributed by atoms with Crippen LogP contribution >= 0.6 is 0 Å². The maximum atomic E-state index is 3.46. The first-order valence-corrected chi connectivity index (χ1v) is 7.28. The summed E-state index contributed by atoms with van der Waals surface area (Å²) in [5.74, 6) is 0. The molecule has 2 heteroatoms. The van der Waals surface area contributed by atoms with Gasteiger partial charge in [0.25, 0.3) is 0 Å². The Morgan fingerprint density at radius 3 is 2.12 bits per heavy atom. The van der Waals surface area contributed by atoms with E-state index in [0.29, 0.717) is 0 Å². The van der Waals surface area contributed by atoms with Gasteiger partial charge < -0.3 is 10.2 Å². The third kappa shape index (κ3) is 10.4. The van der Waals surface area contributed by atoms with Gasteiger partial charge in [0.15, 0.2) is 0 Å². The Balaban J connectivity index is 3.12. The first kappa shape index (κ1) is 15.9. The van der Waals surface area contributed by atoms with Gasteiger partial charge in [-0.2, -0.15) is 0 Å². The lowest BCUT2D eigenvalue weighted by molar-refractivity contribution is 0.281. The number of nitrogens with zero attached hydrogens (tertiary/aromatic N) is 1. The second-order valence-electron chi connectivity index (χ2n) is 4.60. The van der Waals surface area contributed by atoms with E-state index in [-0.39, 0.29) is 0 Å². The quantitative estimate of drug-likeness (QED) is 0.516. The number of unbranched alkanes of at least 4 members (excludes halogenated alkanes) is 3. The molecule has 98 valence electrons. The summed E-state index contributed by atoms with van der Waals surface area (Å²) in [4.78, 5) is 2.56. The van der Waals surface area contributed by atoms with Crippen molar-refractivity contribution < 1.29 is 0 Å². The van der Waals surface area contributed by atoms with Gasteiger partial charge in [-0.05, 0) is 58.4 Å². The maximum Gasteiger partial charge on any atom is -0.00189 e. The van der Waals surface area contributed by atoms with E-state index in [4.69, 9.17) is 0 Å². The molecule has 0 saturated carbocycles. The molecule has 0 rings (SSSR count). The molecular weight excluding hydrogens is 196 g/mol. The predicted octanol–water partition coefficient (Wildman–Crippen LogP) is 3.28. The monoisotopic (exact) mass is 228 g/mol. The minimum absolute atomic E-state index is 1.18. The highest BCUT2D eigenvalue weighted by Gasteiger charge is 1.99. The lowest BCUT2D eigenvalue weighted by Gasteiger charge is -2.19. The van der Waals surface area contributed by atoms with Crippen LogP contribution in [0.4, 0.5) is 0 Å². The normalized spacial score (nSPS) is 11.2. The molecule has 0 amide bonds. The zero-order valence-corrected chi connectivity index (χ0v) is 11.7. The zero-order chi connectivity index (χ0) is 12.1. The van der Waals surface area contributed by atoms with Crippen molar-refractivity contribution in [3.05, 3.63) is 0 Å². The van der Waals surface area contributed by atoms with Crippen LogP contribution in [0.3, 0.4) is 0 Å². The van der Waals surface area contributed by atoms with Crippen molar-refractivity contribution >= 4 is 0 Å². The predicted molar refractivity (Wildman–Crippen MR) is 74.0 cm³/mol. The number of hydrogen-bond donors (Lipinski definition) is 1. The summed E-state index contributed by atoms with van der Waals surface area (Å²) in [5, 5.41) is 3.46. The standard InChI is InChI=1S/C14H32N2/c1-4-11-15-12-9-7-8-10-14-16(6-3)13-5-2/h15H,4-14H2,1-3H3. The fourth-order valence-electron chi connectivity index (χ4n) is 1.98. The topological polar surface area (TPSA) is 15.3 Å². The number of hydrogen-bond acceptors (Lipinski definition) is 2. The van der Waals surface area contributed by atoms with Crippen LogP contribution in [0.25, 0.3) is 0 Å². The molecule has 0 unspecified atom stereocenters. The van der Waals surface area contributed by atoms with Gasteiger partial charge in [0.1, 0.15) is 0 Å². The van der Waals surface area contributed by atoms with Crippen molar-refractivity contribution in [1.29, 1.82) is 0 Å². The van der Waals surface area contributed by atoms with Crippen molar-refractivity contribution in [3.8, 4) is 0 Å². The first-order chi connectivity index (χ1) is 7.85. The van der Waals surface area contributed by atoms with E-state index in [1.165, 1.54) is 71.2 Å². The van der Waals surface area contributed by atoms with Crippen molar-refractivity contribution in [2.75, 3.05) is 32.7 Å². The molecule has 16 heavy (non-hydrogen) atoms. The summed E-state index contributed by atoms with van der Waals surface area (Å²) < 4.78 is 0. The Morgan fingerprint density at radius 2 is 1.50 bits per heavy atom. The molecule has 0 aliphatic rings. The van der Waals surface area contributed by atoms with E-state index >= 15 is 0 Å². The van der Waals surface area contributed by atoms with Crippen LogP contribution in [0, 0.1) is 0 Å². The summed E-state index contributed by atoms with van der Waals surface area (Å²) in [6.45, 7) is 12.9. The van der Waals surface area contributed by atoms with Crippen molar-refractivity contribution in [1.82, 2.24) is 10.2 Å². The van der Waals surface area contributed by atoms with Crippen molar-refractivity contribution in [3.63, 3.8) is 0 Å². The van der Waals surface area contributed by atoms with E-state index in [9.17, 15) is 0 Å². The number of rotatable bonds is 12. The Kier molecular flexibility index (Phi) is 12.9. The molecule has 0 saturated heterocycles. The largest absolute Gasteiger partial charge is 0.317 e. The zero-order valence-electron chi connectivity index (χ0n) is 11.7. The van der Waals surface area contributed by atoms with E-state index in [1.807, 2.05) is 0 Å². The third-order valence-corrected chi connectivity index (χ3v) is 2.99. The Bertz CT molecular complexity index is 126. The summed E-state index contributed by atoms with van der Waals surface area (Å²) in [6, 6.07) is 0. The van der Waals surface area contributed by atoms with Crippen molar-refractivity contribution in [2.24, 2.45) is 0 Å². The van der Waals surface area contributed by atoms with Gasteiger partial charge in [0.05, 0.1) is 0 Å². The molecule has 0 aliphatic carbocycles. The molecule has 2 nitrogen and oxygen atoms in total. The van der Waals surface area contributed by atoms with E-state index < -0.39 is 0 Å². The molecule has 0 atom stereocenters. The fraction of sp³-hybridized carbons (Fsp3) is 1.00. The van der Waals surface area contributed by atoms with E-state index in [1.54, 1.807) is 0 Å². The van der Waals surface area contributed by atoms with Gasteiger partial charge in [-0.25, -0.2) is 0 Å². The SMILES string of the molecule is CCCNCCCCCCN(CC)CCC. The average Bonchev–Trinajstić information content (AvgIpc) is 2.31. The maximum absolute atomic E-state index is 3.46. The second-order valence-corrected chi connectivity index (χ2v) is 4.60. The van der Waals surface area contributed by atoms with Gasteiger partial charge in [-0.1, -0.05) is 33.6 Å². The molecule has 0 spiro atoms. The van der Waals surface area contributed by atoms with Gasteiger partial charge in [0.2, 0.25) is 0 Å². The highest BCUT2D eigenvalue weighted by atomic mass is 15.1. The molecule has 0 aromatic rings. The molecule has 0 fully saturated rings. The molecule has 0 aromatic heterocycles. The summed E-state index contributed by atoms with van der Waals surface area (Å²) in [6.07, 6.45) is 8.05. The van der Waals surface area contributed by atoms with Crippen LogP contribution in [0.2, 0.25) is 0 Å². The van der Waals surface area contributed by atoms with Crippen LogP contribution in [0.1, 0.15) is 59.3 Å². The van der Waals surface area contributed by atoms with E-state index in [0.717, 1.165) is 0 Å². The molecule has 0 radical (unpaired) electrons. The molecule has 1 N–H and O–H groups in total. The lowest BCUT2D eigenvalue weighted by atomic mass is 10.2. The summed E-state index contributed by atoms with van der Waals surface area (Å²) in [7, 11) is 0. The van der Waals surface area contributed by atoms with Gasteiger partial charge in [-0.3, -0.25) is 0 Å². The Labute approximate surface area is 103 Å². The Hall–Kier alpha value is -0.0800. The molecule has 0 aliphatic heterocycles. The fourth-order valence-corrected chi connectivity index (χ4v) is 1.98. The van der Waals surface area contributed by atoms with Crippen LogP contribution in [0.5, 0.6) is 0 Å². The van der Waals surface area contributed by atoms with Crippen LogP contribution in [-0.4, -0.2) is 37.6 Å². The molecule has 0 heterocycles. The second kappa shape index (κ2) is 13.0. The summed E-state index contributed by atoms with van der Waals surface area (Å²) >= 11 is 0. The molecular formula is C14H32N2. The van der Waals surface area contributed by atoms with Gasteiger partial charge >= 0.3 is 0 Å². The van der Waals surface area contributed by atoms with E-state index in [2.05, 4.69) is 31.0 Å². The Morgan fingerprint density at radius 1 is 0.750 bits per heavy atom. The summed E-state index contributed by atoms with van der Waals surface area (Å²) in [5.41, 5.74) is 0. The smallest absolute Gasteiger partial charge is 0.00189 e. The van der Waals surface area contributed by atoms with Crippen molar-refractivity contribution in [2.45, 2.75) is 59.3 Å². The third-order valence-electron chi connectivity index (χ3n) is 2.99. The van der Waals surface area contributed by atoms with Gasteiger partial charge in [0, 0.05) is 0 Å². The minimum atomic E-state index is 1.18. The lowest BCUT2D eigenvalue weighted by Crippen LogP contribution is -2.25. The molecule has 0 bridgehead atoms. The number of nitrogens with one attached hydrogen (secondary N) is 1. The van der Waals surface area contributed by atoms with Gasteiger partial charge in [-0.15, -0.1) is 0 Å². The van der Waals surface area contributed by atoms with Crippen LogP contribution < -0.4 is 5.32 Å².